The fourth-order valence-corrected chi connectivity index (χ4v) is 5.81. The number of amides is 1. The van der Waals surface area contributed by atoms with Crippen LogP contribution in [0.2, 0.25) is 0 Å². The van der Waals surface area contributed by atoms with Crippen LogP contribution in [0.1, 0.15) is 23.3 Å². The molecule has 3 aromatic rings. The summed E-state index contributed by atoms with van der Waals surface area (Å²) in [7, 11) is -3.55. The Morgan fingerprint density at radius 1 is 1.07 bits per heavy atom. The molecule has 0 unspecified atom stereocenters. The number of likely N-dealkylation sites (tertiary alicyclic amines) is 1. The third-order valence-electron chi connectivity index (χ3n) is 5.84. The average Bonchev–Trinajstić information content (AvgIpc) is 3.41. The second-order valence-electron chi connectivity index (χ2n) is 7.50. The van der Waals surface area contributed by atoms with Crippen molar-refractivity contribution in [3.8, 4) is 0 Å². The third-order valence-corrected chi connectivity index (χ3v) is 7.34. The van der Waals surface area contributed by atoms with Gasteiger partial charge in [-0.25, -0.2) is 13.1 Å². The summed E-state index contributed by atoms with van der Waals surface area (Å²) in [5.74, 6) is 0.0342. The van der Waals surface area contributed by atoms with Crippen LogP contribution in [0.4, 0.5) is 0 Å². The highest BCUT2D eigenvalue weighted by atomic mass is 32.2. The van der Waals surface area contributed by atoms with Gasteiger partial charge in [0.1, 0.15) is 0 Å². The first-order valence-corrected chi connectivity index (χ1v) is 10.8. The molecule has 2 aromatic carbocycles. The van der Waals surface area contributed by atoms with Gasteiger partial charge in [-0.1, -0.05) is 36.4 Å². The highest BCUT2D eigenvalue weighted by Gasteiger charge is 2.48. The molecular formula is C20H20N4O3S. The minimum atomic E-state index is -3.55. The van der Waals surface area contributed by atoms with Crippen LogP contribution >= 0.6 is 0 Å². The number of rotatable bonds is 4. The number of nitrogens with one attached hydrogen (secondary N) is 2. The largest absolute Gasteiger partial charge is 0.334 e. The second-order valence-corrected chi connectivity index (χ2v) is 9.22. The number of carbonyl (C=O) groups excluding carboxylic acids is 1. The molecule has 8 heteroatoms. The van der Waals surface area contributed by atoms with Crippen LogP contribution in [0.3, 0.4) is 0 Å². The Labute approximate surface area is 162 Å². The molecule has 1 aliphatic heterocycles. The lowest BCUT2D eigenvalue weighted by molar-refractivity contribution is 0.0687. The van der Waals surface area contributed by atoms with Crippen LogP contribution < -0.4 is 4.72 Å². The van der Waals surface area contributed by atoms with E-state index in [0.717, 1.165) is 17.3 Å². The van der Waals surface area contributed by atoms with Crippen molar-refractivity contribution >= 4 is 26.8 Å². The Kier molecular flexibility index (Phi) is 3.99. The summed E-state index contributed by atoms with van der Waals surface area (Å²) < 4.78 is 28.1. The van der Waals surface area contributed by atoms with Crippen LogP contribution in [0.25, 0.3) is 10.9 Å². The molecule has 0 spiro atoms. The predicted octanol–water partition coefficient (Wildman–Crippen LogP) is 2.14. The quantitative estimate of drug-likeness (QED) is 0.706. The van der Waals surface area contributed by atoms with Crippen LogP contribution in [0.5, 0.6) is 0 Å². The van der Waals surface area contributed by atoms with Gasteiger partial charge in [-0.3, -0.25) is 9.89 Å². The number of hydrogen-bond acceptors (Lipinski definition) is 4. The Morgan fingerprint density at radius 2 is 1.82 bits per heavy atom. The second kappa shape index (κ2) is 6.42. The molecule has 0 radical (unpaired) electrons. The summed E-state index contributed by atoms with van der Waals surface area (Å²) in [5.41, 5.74) is 1.27. The zero-order valence-corrected chi connectivity index (χ0v) is 15.9. The molecule has 1 amide bonds. The van der Waals surface area contributed by atoms with Crippen molar-refractivity contribution in [3.63, 3.8) is 0 Å². The van der Waals surface area contributed by atoms with Crippen molar-refractivity contribution in [1.29, 1.82) is 0 Å². The first-order chi connectivity index (χ1) is 13.5. The van der Waals surface area contributed by atoms with E-state index in [2.05, 4.69) is 14.9 Å². The zero-order valence-electron chi connectivity index (χ0n) is 15.1. The number of carbonyl (C=O) groups is 1. The average molecular weight is 396 g/mol. The lowest BCUT2D eigenvalue weighted by Crippen LogP contribution is -2.47. The monoisotopic (exact) mass is 396 g/mol. The minimum absolute atomic E-state index is 0.0384. The summed E-state index contributed by atoms with van der Waals surface area (Å²) in [6, 6.07) is 15.9. The standard InChI is InChI=1S/C20H20N4O3S/c25-20(19-16-8-4-5-9-17(16)21-22-19)24-12-13-10-14(24)11-18(13)23-28(26,27)15-6-2-1-3-7-15/h1-9,13-14,18,23H,10-12H2,(H,21,22)/t13-,14-,18-/m0/s1. The van der Waals surface area contributed by atoms with Crippen molar-refractivity contribution in [1.82, 2.24) is 19.8 Å². The Morgan fingerprint density at radius 3 is 2.57 bits per heavy atom. The van der Waals surface area contributed by atoms with Crippen molar-refractivity contribution in [2.45, 2.75) is 29.8 Å². The van der Waals surface area contributed by atoms with Crippen LogP contribution in [0, 0.1) is 5.92 Å². The highest BCUT2D eigenvalue weighted by Crippen LogP contribution is 2.39. The summed E-state index contributed by atoms with van der Waals surface area (Å²) in [6.07, 6.45) is 1.45. The first kappa shape index (κ1) is 17.4. The van der Waals surface area contributed by atoms with E-state index in [1.54, 1.807) is 30.3 Å². The Balaban J connectivity index is 1.31. The van der Waals surface area contributed by atoms with Gasteiger partial charge in [0.25, 0.3) is 5.91 Å². The lowest BCUT2D eigenvalue weighted by atomic mass is 10.0. The number of nitrogens with zero attached hydrogens (tertiary/aromatic N) is 2. The Bertz CT molecular complexity index is 1140. The van der Waals surface area contributed by atoms with Gasteiger partial charge < -0.3 is 4.90 Å². The van der Waals surface area contributed by atoms with Crippen molar-refractivity contribution in [2.75, 3.05) is 6.54 Å². The van der Waals surface area contributed by atoms with Crippen molar-refractivity contribution in [3.05, 3.63) is 60.3 Å². The number of benzene rings is 2. The summed E-state index contributed by atoms with van der Waals surface area (Å²) in [6.45, 7) is 0.548. The number of fused-ring (bicyclic) bond motifs is 3. The van der Waals surface area contributed by atoms with Crippen LogP contribution in [-0.2, 0) is 10.0 Å². The van der Waals surface area contributed by atoms with E-state index in [0.29, 0.717) is 18.7 Å². The van der Waals surface area contributed by atoms with E-state index in [-0.39, 0.29) is 28.8 Å². The SMILES string of the molecule is O=C(c1n[nH]c2ccccc12)N1C[C@@H]2C[C@H]1C[C@@H]2NS(=O)(=O)c1ccccc1. The maximum atomic E-state index is 13.0. The molecule has 2 fully saturated rings. The highest BCUT2D eigenvalue weighted by molar-refractivity contribution is 7.89. The number of aromatic amines is 1. The van der Waals surface area contributed by atoms with E-state index in [1.807, 2.05) is 29.2 Å². The fraction of sp³-hybridized carbons (Fsp3) is 0.300. The topological polar surface area (TPSA) is 95.2 Å². The number of para-hydroxylation sites is 1. The lowest BCUT2D eigenvalue weighted by Gasteiger charge is -2.31. The molecule has 1 saturated carbocycles. The van der Waals surface area contributed by atoms with Gasteiger partial charge in [0.05, 0.1) is 10.4 Å². The summed E-state index contributed by atoms with van der Waals surface area (Å²) >= 11 is 0. The van der Waals surface area contributed by atoms with E-state index >= 15 is 0 Å². The van der Waals surface area contributed by atoms with Gasteiger partial charge in [0, 0.05) is 24.0 Å². The molecule has 2 bridgehead atoms. The van der Waals surface area contributed by atoms with Gasteiger partial charge in [-0.2, -0.15) is 5.10 Å². The van der Waals surface area contributed by atoms with Crippen molar-refractivity contribution in [2.24, 2.45) is 5.92 Å². The molecule has 3 atom stereocenters. The molecule has 2 heterocycles. The predicted molar refractivity (Wildman–Crippen MR) is 104 cm³/mol. The third kappa shape index (κ3) is 2.80. The maximum Gasteiger partial charge on any atom is 0.275 e. The fourth-order valence-electron chi connectivity index (χ4n) is 4.48. The van der Waals surface area contributed by atoms with E-state index < -0.39 is 10.0 Å². The van der Waals surface area contributed by atoms with Gasteiger partial charge in [0.2, 0.25) is 10.0 Å². The van der Waals surface area contributed by atoms with E-state index in [4.69, 9.17) is 0 Å². The smallest absolute Gasteiger partial charge is 0.275 e. The van der Waals surface area contributed by atoms with Gasteiger partial charge >= 0.3 is 0 Å². The molecule has 2 aliphatic rings. The van der Waals surface area contributed by atoms with E-state index in [1.165, 1.54) is 0 Å². The number of sulfonamides is 1. The molecule has 28 heavy (non-hydrogen) atoms. The number of H-pyrrole nitrogens is 1. The first-order valence-electron chi connectivity index (χ1n) is 9.34. The maximum absolute atomic E-state index is 13.0. The molecule has 2 N–H and O–H groups in total. The molecule has 144 valence electrons. The molecular weight excluding hydrogens is 376 g/mol. The Hall–Kier alpha value is -2.71. The number of aromatic nitrogens is 2. The van der Waals surface area contributed by atoms with Gasteiger partial charge in [0.15, 0.2) is 5.69 Å². The number of piperidine rings is 1. The molecule has 1 aromatic heterocycles. The molecule has 1 saturated heterocycles. The van der Waals surface area contributed by atoms with Crippen LogP contribution in [-0.4, -0.2) is 48.1 Å². The molecule has 5 rings (SSSR count). The van der Waals surface area contributed by atoms with Gasteiger partial charge in [-0.05, 0) is 37.0 Å². The molecule has 1 aliphatic carbocycles. The minimum Gasteiger partial charge on any atom is -0.334 e. The zero-order chi connectivity index (χ0) is 19.3. The van der Waals surface area contributed by atoms with Crippen LogP contribution in [0.15, 0.2) is 59.5 Å². The van der Waals surface area contributed by atoms with Crippen molar-refractivity contribution < 1.29 is 13.2 Å². The van der Waals surface area contributed by atoms with Gasteiger partial charge in [-0.15, -0.1) is 0 Å². The van der Waals surface area contributed by atoms with E-state index in [9.17, 15) is 13.2 Å². The normalized spacial score (nSPS) is 24.1. The summed E-state index contributed by atoms with van der Waals surface area (Å²) in [4.78, 5) is 15.1. The number of hydrogen-bond donors (Lipinski definition) is 2. The summed E-state index contributed by atoms with van der Waals surface area (Å²) in [5, 5.41) is 7.94. The molecule has 7 nitrogen and oxygen atoms in total.